The number of hydrogen-bond donors (Lipinski definition) is 0. The first-order chi connectivity index (χ1) is 29.7. The molecule has 1 spiro atoms. The molecule has 8 aromatic carbocycles. The standard InChI is InChI=1S/C58H44N2/c1-3-13-38(14-4-1)39-23-25-41(26-24-39)57-59-53(40-15-5-2-6-16-40)35-54(60-57)49-22-12-11-21-48(49)50-33-44-19-9-10-20-47(44)56-55(50)51-32-42-17-7-8-18-43(42)34-52(51)58(56)45-28-36-27-37(30-45)31-46(58)29-36/h1-26,32-37,45-46H,27-31H2. The molecule has 4 bridgehead atoms. The zero-order valence-corrected chi connectivity index (χ0v) is 33.6. The zero-order chi connectivity index (χ0) is 39.4. The Morgan fingerprint density at radius 1 is 0.383 bits per heavy atom. The van der Waals surface area contributed by atoms with E-state index in [1.165, 1.54) is 87.0 Å². The molecule has 5 aliphatic rings. The molecule has 4 fully saturated rings. The second-order valence-corrected chi connectivity index (χ2v) is 18.1. The molecule has 4 saturated carbocycles. The minimum absolute atomic E-state index is 0.0150. The van der Waals surface area contributed by atoms with Gasteiger partial charge in [-0.05, 0) is 146 Å². The molecule has 2 nitrogen and oxygen atoms in total. The molecule has 60 heavy (non-hydrogen) atoms. The van der Waals surface area contributed by atoms with Crippen LogP contribution in [0.4, 0.5) is 0 Å². The fourth-order valence-corrected chi connectivity index (χ4v) is 12.8. The van der Waals surface area contributed by atoms with Crippen molar-refractivity contribution in [1.82, 2.24) is 9.97 Å². The normalized spacial score (nSPS) is 22.1. The van der Waals surface area contributed by atoms with E-state index in [-0.39, 0.29) is 5.41 Å². The summed E-state index contributed by atoms with van der Waals surface area (Å²) in [5, 5.41) is 5.46. The van der Waals surface area contributed by atoms with Gasteiger partial charge in [0.25, 0.3) is 0 Å². The van der Waals surface area contributed by atoms with E-state index in [1.54, 1.807) is 11.1 Å². The number of hydrogen-bond acceptors (Lipinski definition) is 2. The number of nitrogens with zero attached hydrogens (tertiary/aromatic N) is 2. The molecule has 0 N–H and O–H groups in total. The number of aromatic nitrogens is 2. The van der Waals surface area contributed by atoms with Gasteiger partial charge in [-0.3, -0.25) is 0 Å². The van der Waals surface area contributed by atoms with Crippen LogP contribution in [0, 0.1) is 23.7 Å². The van der Waals surface area contributed by atoms with E-state index in [0.29, 0.717) is 11.8 Å². The lowest BCUT2D eigenvalue weighted by molar-refractivity contribution is -0.0393. The van der Waals surface area contributed by atoms with E-state index < -0.39 is 0 Å². The van der Waals surface area contributed by atoms with Gasteiger partial charge in [0.05, 0.1) is 11.4 Å². The van der Waals surface area contributed by atoms with E-state index in [2.05, 4.69) is 182 Å². The highest BCUT2D eigenvalue weighted by Crippen LogP contribution is 2.71. The summed E-state index contributed by atoms with van der Waals surface area (Å²) in [4.78, 5) is 10.7. The first kappa shape index (κ1) is 34.2. The summed E-state index contributed by atoms with van der Waals surface area (Å²) in [5.41, 5.74) is 16.1. The van der Waals surface area contributed by atoms with Gasteiger partial charge in [0.1, 0.15) is 0 Å². The van der Waals surface area contributed by atoms with E-state index in [1.807, 2.05) is 0 Å². The van der Waals surface area contributed by atoms with Gasteiger partial charge < -0.3 is 0 Å². The summed E-state index contributed by atoms with van der Waals surface area (Å²) in [6.45, 7) is 0. The minimum Gasteiger partial charge on any atom is -0.228 e. The Bertz CT molecular complexity index is 3120. The SMILES string of the molecule is c1ccc(-c2ccc(-c3nc(-c4ccccc4)cc(-c4ccccc4-c4cc5ccccc5c5c4-c4cc6ccccc6cc4C54C5CC6CC(C5)CC4C6)n3)cc2)cc1. The predicted octanol–water partition coefficient (Wildman–Crippen LogP) is 14.8. The average molecular weight is 769 g/mol. The van der Waals surface area contributed by atoms with Crippen molar-refractivity contribution < 1.29 is 0 Å². The second-order valence-electron chi connectivity index (χ2n) is 18.1. The Labute approximate surface area is 351 Å². The summed E-state index contributed by atoms with van der Waals surface area (Å²) < 4.78 is 0. The largest absolute Gasteiger partial charge is 0.228 e. The Morgan fingerprint density at radius 2 is 0.917 bits per heavy atom. The molecular formula is C58H44N2. The van der Waals surface area contributed by atoms with Crippen molar-refractivity contribution in [3.05, 3.63) is 193 Å². The van der Waals surface area contributed by atoms with Gasteiger partial charge >= 0.3 is 0 Å². The highest BCUT2D eigenvalue weighted by Gasteiger charge is 2.62. The summed E-state index contributed by atoms with van der Waals surface area (Å²) >= 11 is 0. The highest BCUT2D eigenvalue weighted by atomic mass is 14.9. The molecular weight excluding hydrogens is 725 g/mol. The van der Waals surface area contributed by atoms with Crippen molar-refractivity contribution in [1.29, 1.82) is 0 Å². The summed E-state index contributed by atoms with van der Waals surface area (Å²) in [6.07, 6.45) is 6.86. The Balaban J connectivity index is 1.06. The third kappa shape index (κ3) is 5.07. The molecule has 9 aromatic rings. The van der Waals surface area contributed by atoms with E-state index in [9.17, 15) is 0 Å². The fourth-order valence-electron chi connectivity index (χ4n) is 12.8. The van der Waals surface area contributed by atoms with Crippen molar-refractivity contribution in [2.45, 2.75) is 37.5 Å². The zero-order valence-electron chi connectivity index (χ0n) is 33.6. The van der Waals surface area contributed by atoms with E-state index >= 15 is 0 Å². The lowest BCUT2D eigenvalue weighted by atomic mass is 9.43. The van der Waals surface area contributed by atoms with Crippen molar-refractivity contribution >= 4 is 21.5 Å². The molecule has 286 valence electrons. The van der Waals surface area contributed by atoms with Crippen LogP contribution in [-0.2, 0) is 5.41 Å². The van der Waals surface area contributed by atoms with Crippen molar-refractivity contribution in [2.75, 3.05) is 0 Å². The number of benzene rings is 8. The highest BCUT2D eigenvalue weighted by molar-refractivity contribution is 6.08. The topological polar surface area (TPSA) is 25.8 Å². The lowest BCUT2D eigenvalue weighted by Gasteiger charge is -2.61. The molecule has 5 aliphatic carbocycles. The second kappa shape index (κ2) is 13.2. The van der Waals surface area contributed by atoms with Crippen LogP contribution in [0.3, 0.4) is 0 Å². The van der Waals surface area contributed by atoms with Crippen LogP contribution in [-0.4, -0.2) is 9.97 Å². The third-order valence-corrected chi connectivity index (χ3v) is 15.0. The van der Waals surface area contributed by atoms with Crippen molar-refractivity contribution in [2.24, 2.45) is 23.7 Å². The molecule has 1 heterocycles. The van der Waals surface area contributed by atoms with Gasteiger partial charge in [0.2, 0.25) is 0 Å². The molecule has 2 heteroatoms. The van der Waals surface area contributed by atoms with Crippen LogP contribution >= 0.6 is 0 Å². The van der Waals surface area contributed by atoms with Crippen LogP contribution in [0.2, 0.25) is 0 Å². The molecule has 14 rings (SSSR count). The van der Waals surface area contributed by atoms with Gasteiger partial charge in [0.15, 0.2) is 5.82 Å². The summed E-state index contributed by atoms with van der Waals surface area (Å²) in [7, 11) is 0. The summed E-state index contributed by atoms with van der Waals surface area (Å²) in [6, 6.07) is 67.2. The molecule has 1 aromatic heterocycles. The first-order valence-corrected chi connectivity index (χ1v) is 22.0. The Hall–Kier alpha value is -6.64. The van der Waals surface area contributed by atoms with Gasteiger partial charge in [-0.15, -0.1) is 0 Å². The fraction of sp³-hybridized carbons (Fsp3) is 0.172. The summed E-state index contributed by atoms with van der Waals surface area (Å²) in [5.74, 6) is 3.81. The number of rotatable bonds is 5. The smallest absolute Gasteiger partial charge is 0.160 e. The maximum Gasteiger partial charge on any atom is 0.160 e. The van der Waals surface area contributed by atoms with Gasteiger partial charge in [-0.1, -0.05) is 158 Å². The molecule has 0 atom stereocenters. The average Bonchev–Trinajstić information content (AvgIpc) is 3.60. The van der Waals surface area contributed by atoms with Crippen LogP contribution in [0.1, 0.15) is 43.2 Å². The van der Waals surface area contributed by atoms with Crippen LogP contribution < -0.4 is 0 Å². The molecule has 0 unspecified atom stereocenters. The van der Waals surface area contributed by atoms with Crippen LogP contribution in [0.25, 0.3) is 88.8 Å². The van der Waals surface area contributed by atoms with Crippen LogP contribution in [0.15, 0.2) is 182 Å². The quantitative estimate of drug-likeness (QED) is 0.174. The minimum atomic E-state index is 0.0150. The maximum atomic E-state index is 5.46. The third-order valence-electron chi connectivity index (χ3n) is 15.0. The predicted molar refractivity (Wildman–Crippen MR) is 247 cm³/mol. The van der Waals surface area contributed by atoms with E-state index in [0.717, 1.165) is 45.7 Å². The van der Waals surface area contributed by atoms with E-state index in [4.69, 9.17) is 9.97 Å². The Kier molecular flexibility index (Phi) is 7.52. The maximum absolute atomic E-state index is 5.46. The molecule has 0 radical (unpaired) electrons. The molecule has 0 saturated heterocycles. The van der Waals surface area contributed by atoms with Gasteiger partial charge in [-0.2, -0.15) is 0 Å². The molecule has 0 aliphatic heterocycles. The van der Waals surface area contributed by atoms with Crippen molar-refractivity contribution in [3.63, 3.8) is 0 Å². The lowest BCUT2D eigenvalue weighted by Crippen LogP contribution is -2.55. The monoisotopic (exact) mass is 768 g/mol. The molecule has 0 amide bonds. The van der Waals surface area contributed by atoms with Crippen molar-refractivity contribution in [3.8, 4) is 67.3 Å². The Morgan fingerprint density at radius 3 is 1.63 bits per heavy atom. The van der Waals surface area contributed by atoms with Crippen LogP contribution in [0.5, 0.6) is 0 Å². The van der Waals surface area contributed by atoms with Gasteiger partial charge in [-0.25, -0.2) is 9.97 Å². The first-order valence-electron chi connectivity index (χ1n) is 22.0. The number of fused-ring (bicyclic) bond motifs is 6. The van der Waals surface area contributed by atoms with Gasteiger partial charge in [0, 0.05) is 22.1 Å².